The number of benzene rings is 1. The molecule has 2 rings (SSSR count). The second-order valence-electron chi connectivity index (χ2n) is 11.3. The number of Topliss-reactive ketones (excluding diaryl/α,β-unsaturated/α-hetero) is 1. The number of hydrogen-bond donors (Lipinski definition) is 1. The third kappa shape index (κ3) is 8.21. The lowest BCUT2D eigenvalue weighted by atomic mass is 9.82. The van der Waals surface area contributed by atoms with Gasteiger partial charge in [-0.25, -0.2) is 0 Å². The van der Waals surface area contributed by atoms with E-state index in [1.807, 2.05) is 33.8 Å². The molecule has 0 bridgehead atoms. The van der Waals surface area contributed by atoms with Crippen LogP contribution in [0.3, 0.4) is 0 Å². The van der Waals surface area contributed by atoms with Gasteiger partial charge in [0.1, 0.15) is 17.1 Å². The van der Waals surface area contributed by atoms with E-state index in [9.17, 15) is 9.90 Å². The number of aromatic hydroxyl groups is 1. The van der Waals surface area contributed by atoms with Gasteiger partial charge in [-0.05, 0) is 90.7 Å². The van der Waals surface area contributed by atoms with E-state index in [2.05, 4.69) is 45.9 Å². The highest BCUT2D eigenvalue weighted by atomic mass is 16.5. The second-order valence-corrected chi connectivity index (χ2v) is 11.3. The van der Waals surface area contributed by atoms with Gasteiger partial charge < -0.3 is 9.84 Å². The lowest BCUT2D eigenvalue weighted by molar-refractivity contribution is 0.0473. The molecule has 1 N–H and O–H groups in total. The fourth-order valence-corrected chi connectivity index (χ4v) is 4.31. The second kappa shape index (κ2) is 11.2. The Bertz CT molecular complexity index is 936. The Morgan fingerprint density at radius 1 is 1.00 bits per heavy atom. The van der Waals surface area contributed by atoms with Gasteiger partial charge in [0.05, 0.1) is 12.0 Å². The van der Waals surface area contributed by atoms with Gasteiger partial charge in [0, 0.05) is 5.56 Å². The maximum atomic E-state index is 12.8. The normalized spacial score (nSPS) is 19.2. The number of fused-ring (bicyclic) bond motifs is 1. The number of allylic oxidation sites excluding steroid dienone is 6. The lowest BCUT2D eigenvalue weighted by Gasteiger charge is -2.36. The summed E-state index contributed by atoms with van der Waals surface area (Å²) in [5, 5.41) is 10.4. The van der Waals surface area contributed by atoms with Crippen LogP contribution in [0.4, 0.5) is 0 Å². The summed E-state index contributed by atoms with van der Waals surface area (Å²) in [6, 6.07) is 3.43. The number of rotatable bonds is 9. The lowest BCUT2D eigenvalue weighted by Crippen LogP contribution is -2.39. The van der Waals surface area contributed by atoms with E-state index in [4.69, 9.17) is 4.74 Å². The number of phenols is 1. The Morgan fingerprint density at radius 3 is 2.15 bits per heavy atom. The maximum Gasteiger partial charge on any atom is 0.170 e. The molecular formula is C30H44O3. The molecule has 1 aromatic rings. The van der Waals surface area contributed by atoms with Crippen LogP contribution in [0.2, 0.25) is 0 Å². The zero-order chi connectivity index (χ0) is 24.8. The molecule has 0 aliphatic carbocycles. The molecule has 0 radical (unpaired) electrons. The van der Waals surface area contributed by atoms with E-state index in [0.29, 0.717) is 17.7 Å². The number of ketones is 1. The monoisotopic (exact) mass is 452 g/mol. The molecule has 0 spiro atoms. The predicted octanol–water partition coefficient (Wildman–Crippen LogP) is 8.61. The first-order chi connectivity index (χ1) is 15.3. The number of hydrogen-bond acceptors (Lipinski definition) is 3. The van der Waals surface area contributed by atoms with Crippen molar-refractivity contribution in [2.45, 2.75) is 111 Å². The Labute approximate surface area is 201 Å². The smallest absolute Gasteiger partial charge is 0.170 e. The van der Waals surface area contributed by atoms with Crippen LogP contribution in [-0.2, 0) is 5.41 Å². The van der Waals surface area contributed by atoms with Crippen LogP contribution in [-0.4, -0.2) is 16.5 Å². The number of carbonyl (C=O) groups is 1. The summed E-state index contributed by atoms with van der Waals surface area (Å²) >= 11 is 0. The first kappa shape index (κ1) is 27.0. The summed E-state index contributed by atoms with van der Waals surface area (Å²) in [4.78, 5) is 12.8. The predicted molar refractivity (Wildman–Crippen MR) is 139 cm³/mol. The van der Waals surface area contributed by atoms with E-state index in [1.54, 1.807) is 6.07 Å². The molecule has 1 atom stereocenters. The number of ether oxygens (including phenoxy) is 1. The van der Waals surface area contributed by atoms with Crippen molar-refractivity contribution >= 4 is 5.78 Å². The highest BCUT2D eigenvalue weighted by Gasteiger charge is 2.37. The van der Waals surface area contributed by atoms with Crippen molar-refractivity contribution in [2.75, 3.05) is 0 Å². The first-order valence-corrected chi connectivity index (χ1v) is 12.3. The van der Waals surface area contributed by atoms with E-state index in [1.165, 1.54) is 16.7 Å². The zero-order valence-corrected chi connectivity index (χ0v) is 22.1. The van der Waals surface area contributed by atoms with Gasteiger partial charge in [-0.3, -0.25) is 4.79 Å². The molecule has 0 aromatic heterocycles. The van der Waals surface area contributed by atoms with Crippen molar-refractivity contribution in [3.05, 3.63) is 58.2 Å². The largest absolute Gasteiger partial charge is 0.508 e. The highest BCUT2D eigenvalue weighted by Crippen LogP contribution is 2.42. The van der Waals surface area contributed by atoms with E-state index >= 15 is 0 Å². The van der Waals surface area contributed by atoms with Gasteiger partial charge in [-0.15, -0.1) is 0 Å². The summed E-state index contributed by atoms with van der Waals surface area (Å²) in [6.45, 7) is 16.9. The van der Waals surface area contributed by atoms with Crippen LogP contribution in [0.1, 0.15) is 116 Å². The van der Waals surface area contributed by atoms with Crippen molar-refractivity contribution < 1.29 is 14.6 Å². The average Bonchev–Trinajstić information content (AvgIpc) is 2.67. The molecule has 182 valence electrons. The summed E-state index contributed by atoms with van der Waals surface area (Å²) in [5.74, 6) is 0.816. The molecule has 1 heterocycles. The van der Waals surface area contributed by atoms with Gasteiger partial charge >= 0.3 is 0 Å². The molecule has 3 nitrogen and oxygen atoms in total. The molecule has 1 aromatic carbocycles. The molecule has 0 fully saturated rings. The van der Waals surface area contributed by atoms with Crippen LogP contribution < -0.4 is 4.74 Å². The van der Waals surface area contributed by atoms with Crippen LogP contribution >= 0.6 is 0 Å². The van der Waals surface area contributed by atoms with Crippen LogP contribution in [0.5, 0.6) is 11.5 Å². The molecule has 0 saturated carbocycles. The van der Waals surface area contributed by atoms with Gasteiger partial charge in [0.25, 0.3) is 0 Å². The minimum Gasteiger partial charge on any atom is -0.508 e. The van der Waals surface area contributed by atoms with E-state index in [0.717, 1.165) is 44.1 Å². The molecular weight excluding hydrogens is 408 g/mol. The number of phenolic OH excluding ortho intramolecular Hbond substituents is 1. The van der Waals surface area contributed by atoms with Gasteiger partial charge in [0.15, 0.2) is 5.78 Å². The SMILES string of the molecule is CC(C)=CCC/C(C)=C/CC/C(C)=C/CCC1(C)CC(=O)c2cc(O)c(C(C)(C)C)cc2O1. The average molecular weight is 453 g/mol. The maximum absolute atomic E-state index is 12.8. The van der Waals surface area contributed by atoms with E-state index < -0.39 is 5.60 Å². The van der Waals surface area contributed by atoms with Crippen molar-refractivity contribution in [1.29, 1.82) is 0 Å². The third-order valence-corrected chi connectivity index (χ3v) is 6.39. The van der Waals surface area contributed by atoms with E-state index in [-0.39, 0.29) is 16.9 Å². The molecule has 0 amide bonds. The molecule has 33 heavy (non-hydrogen) atoms. The molecule has 0 saturated heterocycles. The van der Waals surface area contributed by atoms with Crippen molar-refractivity contribution in [2.24, 2.45) is 0 Å². The van der Waals surface area contributed by atoms with Gasteiger partial charge in [-0.1, -0.05) is 55.7 Å². The quantitative estimate of drug-likeness (QED) is 0.381. The third-order valence-electron chi connectivity index (χ3n) is 6.39. The minimum atomic E-state index is -0.519. The minimum absolute atomic E-state index is 0.0453. The summed E-state index contributed by atoms with van der Waals surface area (Å²) < 4.78 is 6.35. The highest BCUT2D eigenvalue weighted by molar-refractivity contribution is 6.01. The van der Waals surface area contributed by atoms with Crippen LogP contribution in [0.15, 0.2) is 47.1 Å². The first-order valence-electron chi connectivity index (χ1n) is 12.3. The van der Waals surface area contributed by atoms with Crippen molar-refractivity contribution in [1.82, 2.24) is 0 Å². The summed E-state index contributed by atoms with van der Waals surface area (Å²) in [6.07, 6.45) is 13.4. The molecule has 1 unspecified atom stereocenters. The number of carbonyl (C=O) groups excluding carboxylic acids is 1. The van der Waals surface area contributed by atoms with Crippen molar-refractivity contribution in [3.63, 3.8) is 0 Å². The Morgan fingerprint density at radius 2 is 1.58 bits per heavy atom. The summed E-state index contributed by atoms with van der Waals surface area (Å²) in [5.41, 5.74) is 4.78. The Kier molecular flexibility index (Phi) is 9.17. The van der Waals surface area contributed by atoms with Crippen LogP contribution in [0.25, 0.3) is 0 Å². The van der Waals surface area contributed by atoms with Gasteiger partial charge in [0.2, 0.25) is 0 Å². The van der Waals surface area contributed by atoms with Crippen molar-refractivity contribution in [3.8, 4) is 11.5 Å². The van der Waals surface area contributed by atoms with Crippen LogP contribution in [0, 0.1) is 0 Å². The fraction of sp³-hybridized carbons (Fsp3) is 0.567. The Balaban J connectivity index is 1.94. The molecule has 1 aliphatic rings. The summed E-state index contributed by atoms with van der Waals surface area (Å²) in [7, 11) is 0. The zero-order valence-electron chi connectivity index (χ0n) is 22.1. The standard InChI is InChI=1S/C30H44O3/c1-21(2)12-9-13-22(3)14-10-15-23(4)16-11-17-30(8)20-27(32)24-18-26(31)25(29(5,6)7)19-28(24)33-30/h12,14,16,18-19,31H,9-11,13,15,17,20H2,1-8H3/b22-14+,23-16+. The molecule has 1 aliphatic heterocycles. The molecule has 3 heteroatoms. The topological polar surface area (TPSA) is 46.5 Å². The fourth-order valence-electron chi connectivity index (χ4n) is 4.31. The van der Waals surface area contributed by atoms with Gasteiger partial charge in [-0.2, -0.15) is 0 Å². The Hall–Kier alpha value is -2.29.